The van der Waals surface area contributed by atoms with Crippen molar-refractivity contribution in [2.75, 3.05) is 6.61 Å². The molecular formula is C18H22O2. The fourth-order valence-electron chi connectivity index (χ4n) is 3.78. The van der Waals surface area contributed by atoms with E-state index in [1.54, 1.807) is 0 Å². The molecule has 0 spiro atoms. The van der Waals surface area contributed by atoms with Crippen molar-refractivity contribution < 1.29 is 9.53 Å². The molecule has 106 valence electrons. The first-order valence-corrected chi connectivity index (χ1v) is 7.54. The molecule has 2 nitrogen and oxygen atoms in total. The summed E-state index contributed by atoms with van der Waals surface area (Å²) in [6.45, 7) is 4.21. The number of hydrogen-bond donors (Lipinski definition) is 0. The predicted octanol–water partition coefficient (Wildman–Crippen LogP) is 3.82. The highest BCUT2D eigenvalue weighted by Crippen LogP contribution is 2.46. The van der Waals surface area contributed by atoms with Crippen LogP contribution in [0, 0.1) is 23.7 Å². The molecule has 0 bridgehead atoms. The molecule has 4 unspecified atom stereocenters. The van der Waals surface area contributed by atoms with Crippen LogP contribution in [0.25, 0.3) is 0 Å². The SMILES string of the molecule is CC(=O)OCC1=C2C=CC(C)CC2CC2C=CC=CC12. The van der Waals surface area contributed by atoms with E-state index in [1.165, 1.54) is 30.9 Å². The molecule has 0 saturated heterocycles. The van der Waals surface area contributed by atoms with Crippen LogP contribution in [-0.2, 0) is 9.53 Å². The van der Waals surface area contributed by atoms with Crippen molar-refractivity contribution in [2.45, 2.75) is 26.7 Å². The van der Waals surface area contributed by atoms with E-state index in [4.69, 9.17) is 4.74 Å². The Hall–Kier alpha value is -1.57. The lowest BCUT2D eigenvalue weighted by Crippen LogP contribution is -2.31. The van der Waals surface area contributed by atoms with Gasteiger partial charge in [-0.15, -0.1) is 0 Å². The molecule has 20 heavy (non-hydrogen) atoms. The normalized spacial score (nSPS) is 34.7. The van der Waals surface area contributed by atoms with E-state index >= 15 is 0 Å². The highest BCUT2D eigenvalue weighted by molar-refractivity contribution is 5.66. The topological polar surface area (TPSA) is 26.3 Å². The molecule has 0 aromatic carbocycles. The third-order valence-electron chi connectivity index (χ3n) is 4.71. The number of carbonyl (C=O) groups excluding carboxylic acids is 1. The van der Waals surface area contributed by atoms with Crippen LogP contribution in [0.5, 0.6) is 0 Å². The van der Waals surface area contributed by atoms with Gasteiger partial charge < -0.3 is 4.74 Å². The van der Waals surface area contributed by atoms with Gasteiger partial charge in [0, 0.05) is 12.8 Å². The molecule has 0 fully saturated rings. The average molecular weight is 270 g/mol. The predicted molar refractivity (Wildman–Crippen MR) is 79.9 cm³/mol. The number of hydrogen-bond acceptors (Lipinski definition) is 2. The Bertz CT molecular complexity index is 522. The summed E-state index contributed by atoms with van der Waals surface area (Å²) in [5.41, 5.74) is 2.73. The molecule has 3 aliphatic carbocycles. The minimum atomic E-state index is -0.194. The zero-order valence-corrected chi connectivity index (χ0v) is 12.2. The molecule has 0 aromatic rings. The van der Waals surface area contributed by atoms with E-state index in [9.17, 15) is 4.79 Å². The first-order chi connectivity index (χ1) is 9.65. The van der Waals surface area contributed by atoms with Gasteiger partial charge in [-0.3, -0.25) is 4.79 Å². The summed E-state index contributed by atoms with van der Waals surface area (Å²) in [5.74, 6) is 2.05. The van der Waals surface area contributed by atoms with Gasteiger partial charge in [0.05, 0.1) is 0 Å². The second-order valence-corrected chi connectivity index (χ2v) is 6.23. The Kier molecular flexibility index (Phi) is 3.64. The first-order valence-electron chi connectivity index (χ1n) is 7.54. The molecule has 3 aliphatic rings. The van der Waals surface area contributed by atoms with Gasteiger partial charge in [-0.05, 0) is 41.7 Å². The Morgan fingerprint density at radius 3 is 2.85 bits per heavy atom. The van der Waals surface area contributed by atoms with E-state index in [1.807, 2.05) is 0 Å². The number of rotatable bonds is 2. The van der Waals surface area contributed by atoms with Crippen molar-refractivity contribution >= 4 is 5.97 Å². The van der Waals surface area contributed by atoms with Gasteiger partial charge in [0.2, 0.25) is 0 Å². The highest BCUT2D eigenvalue weighted by atomic mass is 16.5. The molecule has 0 aliphatic heterocycles. The molecule has 0 aromatic heterocycles. The van der Waals surface area contributed by atoms with Gasteiger partial charge in [-0.2, -0.15) is 0 Å². The molecule has 4 atom stereocenters. The van der Waals surface area contributed by atoms with Crippen LogP contribution in [0.15, 0.2) is 47.6 Å². The largest absolute Gasteiger partial charge is 0.461 e. The van der Waals surface area contributed by atoms with Gasteiger partial charge in [-0.1, -0.05) is 43.4 Å². The zero-order chi connectivity index (χ0) is 14.1. The first kappa shape index (κ1) is 13.4. The second-order valence-electron chi connectivity index (χ2n) is 6.23. The Morgan fingerprint density at radius 1 is 1.25 bits per heavy atom. The highest BCUT2D eigenvalue weighted by Gasteiger charge is 2.36. The van der Waals surface area contributed by atoms with Crippen LogP contribution in [0.4, 0.5) is 0 Å². The van der Waals surface area contributed by atoms with E-state index in [2.05, 4.69) is 43.4 Å². The molecule has 0 heterocycles. The van der Waals surface area contributed by atoms with Gasteiger partial charge in [0.15, 0.2) is 0 Å². The van der Waals surface area contributed by atoms with Crippen molar-refractivity contribution in [1.29, 1.82) is 0 Å². The standard InChI is InChI=1S/C18H22O2/c1-12-7-8-17-15(9-12)10-14-5-3-4-6-16(14)18(17)11-20-13(2)19/h3-8,12,14-16H,9-11H2,1-2H3. The van der Waals surface area contributed by atoms with Crippen LogP contribution < -0.4 is 0 Å². The average Bonchev–Trinajstić information content (AvgIpc) is 2.43. The quantitative estimate of drug-likeness (QED) is 0.713. The lowest BCUT2D eigenvalue weighted by Gasteiger charge is -2.40. The van der Waals surface area contributed by atoms with Crippen molar-refractivity contribution in [3.8, 4) is 0 Å². The van der Waals surface area contributed by atoms with Crippen LogP contribution in [-0.4, -0.2) is 12.6 Å². The van der Waals surface area contributed by atoms with E-state index in [-0.39, 0.29) is 5.97 Å². The van der Waals surface area contributed by atoms with Crippen molar-refractivity contribution in [2.24, 2.45) is 23.7 Å². The minimum absolute atomic E-state index is 0.194. The lowest BCUT2D eigenvalue weighted by atomic mass is 9.65. The smallest absolute Gasteiger partial charge is 0.302 e. The Morgan fingerprint density at radius 2 is 2.05 bits per heavy atom. The fourth-order valence-corrected chi connectivity index (χ4v) is 3.78. The Balaban J connectivity index is 1.96. The number of ether oxygens (including phenoxy) is 1. The maximum atomic E-state index is 11.2. The molecule has 2 heteroatoms. The van der Waals surface area contributed by atoms with Crippen LogP contribution in [0.3, 0.4) is 0 Å². The summed E-state index contributed by atoms with van der Waals surface area (Å²) in [5, 5.41) is 0. The number of fused-ring (bicyclic) bond motifs is 2. The van der Waals surface area contributed by atoms with Crippen LogP contribution in [0.1, 0.15) is 26.7 Å². The summed E-state index contributed by atoms with van der Waals surface area (Å²) >= 11 is 0. The molecule has 0 amide bonds. The number of allylic oxidation sites excluding steroid dienone is 7. The lowest BCUT2D eigenvalue weighted by molar-refractivity contribution is -0.140. The van der Waals surface area contributed by atoms with E-state index < -0.39 is 0 Å². The van der Waals surface area contributed by atoms with Crippen molar-refractivity contribution in [3.05, 3.63) is 47.6 Å². The summed E-state index contributed by atoms with van der Waals surface area (Å²) in [7, 11) is 0. The monoisotopic (exact) mass is 270 g/mol. The summed E-state index contributed by atoms with van der Waals surface area (Å²) in [6, 6.07) is 0. The third-order valence-corrected chi connectivity index (χ3v) is 4.71. The second kappa shape index (κ2) is 5.43. The maximum Gasteiger partial charge on any atom is 0.302 e. The van der Waals surface area contributed by atoms with Crippen LogP contribution >= 0.6 is 0 Å². The maximum absolute atomic E-state index is 11.2. The van der Waals surface area contributed by atoms with E-state index in [0.29, 0.717) is 30.3 Å². The zero-order valence-electron chi connectivity index (χ0n) is 12.2. The van der Waals surface area contributed by atoms with Gasteiger partial charge in [0.1, 0.15) is 6.61 Å². The van der Waals surface area contributed by atoms with E-state index in [0.717, 1.165) is 0 Å². The third kappa shape index (κ3) is 2.52. The number of carbonyl (C=O) groups is 1. The van der Waals surface area contributed by atoms with Gasteiger partial charge in [-0.25, -0.2) is 0 Å². The van der Waals surface area contributed by atoms with Crippen LogP contribution in [0.2, 0.25) is 0 Å². The minimum Gasteiger partial charge on any atom is -0.461 e. The molecular weight excluding hydrogens is 248 g/mol. The molecule has 0 saturated carbocycles. The number of esters is 1. The van der Waals surface area contributed by atoms with Crippen molar-refractivity contribution in [1.82, 2.24) is 0 Å². The Labute approximate surface area is 120 Å². The molecule has 0 radical (unpaired) electrons. The van der Waals surface area contributed by atoms with Gasteiger partial charge in [0.25, 0.3) is 0 Å². The summed E-state index contributed by atoms with van der Waals surface area (Å²) in [4.78, 5) is 11.2. The van der Waals surface area contributed by atoms with Gasteiger partial charge >= 0.3 is 5.97 Å². The van der Waals surface area contributed by atoms with Crippen molar-refractivity contribution in [3.63, 3.8) is 0 Å². The summed E-state index contributed by atoms with van der Waals surface area (Å²) < 4.78 is 5.32. The molecule has 3 rings (SSSR count). The fraction of sp³-hybridized carbons (Fsp3) is 0.500. The summed E-state index contributed by atoms with van der Waals surface area (Å²) in [6.07, 6.45) is 15.9. The molecule has 0 N–H and O–H groups in total.